The van der Waals surface area contributed by atoms with Crippen molar-refractivity contribution in [1.82, 2.24) is 15.2 Å². The summed E-state index contributed by atoms with van der Waals surface area (Å²) < 4.78 is 5.37. The number of halogens is 1. The number of aromatic nitrogens is 1. The highest BCUT2D eigenvalue weighted by Crippen LogP contribution is 2.35. The molecule has 2 aromatic rings. The molecule has 1 N–H and O–H groups in total. The fraction of sp³-hybridized carbons (Fsp3) is 0.435. The highest BCUT2D eigenvalue weighted by atomic mass is 35.5. The molecular formula is C23H27ClN4O3. The van der Waals surface area contributed by atoms with Crippen LogP contribution in [-0.2, 0) is 16.1 Å². The molecule has 0 aliphatic carbocycles. The molecule has 7 nitrogen and oxygen atoms in total. The van der Waals surface area contributed by atoms with E-state index in [1.54, 1.807) is 30.2 Å². The van der Waals surface area contributed by atoms with Crippen molar-refractivity contribution in [2.24, 2.45) is 5.92 Å². The summed E-state index contributed by atoms with van der Waals surface area (Å²) in [4.78, 5) is 33.8. The average Bonchev–Trinajstić information content (AvgIpc) is 3.17. The number of benzene rings is 1. The van der Waals surface area contributed by atoms with Gasteiger partial charge in [-0.05, 0) is 43.2 Å². The number of hydrogen-bond acceptors (Lipinski definition) is 5. The summed E-state index contributed by atoms with van der Waals surface area (Å²) in [6.07, 6.45) is 3.80. The van der Waals surface area contributed by atoms with Crippen molar-refractivity contribution in [3.8, 4) is 5.75 Å². The minimum atomic E-state index is -0.372. The molecule has 164 valence electrons. The maximum atomic E-state index is 12.9. The lowest BCUT2D eigenvalue weighted by Crippen LogP contribution is -2.46. The molecule has 4 rings (SSSR count). The number of pyridine rings is 1. The maximum absolute atomic E-state index is 12.9. The second-order valence-corrected chi connectivity index (χ2v) is 8.54. The van der Waals surface area contributed by atoms with Gasteiger partial charge in [0.25, 0.3) is 0 Å². The van der Waals surface area contributed by atoms with E-state index in [1.807, 2.05) is 24.4 Å². The van der Waals surface area contributed by atoms with Gasteiger partial charge in [0.05, 0.1) is 24.4 Å². The topological polar surface area (TPSA) is 74.8 Å². The van der Waals surface area contributed by atoms with Crippen LogP contribution >= 0.6 is 11.6 Å². The summed E-state index contributed by atoms with van der Waals surface area (Å²) in [6, 6.07) is 11.2. The number of nitrogens with zero attached hydrogens (tertiary/aromatic N) is 3. The van der Waals surface area contributed by atoms with Crippen LogP contribution in [0.3, 0.4) is 0 Å². The normalized spacial score (nSPS) is 20.1. The Labute approximate surface area is 187 Å². The molecule has 1 aromatic carbocycles. The third-order valence-electron chi connectivity index (χ3n) is 5.97. The van der Waals surface area contributed by atoms with E-state index in [1.165, 1.54) is 0 Å². The van der Waals surface area contributed by atoms with Crippen LogP contribution in [0.4, 0.5) is 5.69 Å². The number of anilines is 1. The molecule has 0 bridgehead atoms. The van der Waals surface area contributed by atoms with E-state index >= 15 is 0 Å². The summed E-state index contributed by atoms with van der Waals surface area (Å²) in [7, 11) is 1.55. The number of carbonyl (C=O) groups excluding carboxylic acids is 2. The number of nitrogens with one attached hydrogen (secondary N) is 1. The van der Waals surface area contributed by atoms with Crippen LogP contribution in [0.25, 0.3) is 0 Å². The summed E-state index contributed by atoms with van der Waals surface area (Å²) in [5.41, 5.74) is 1.67. The van der Waals surface area contributed by atoms with Crippen molar-refractivity contribution in [3.05, 3.63) is 53.3 Å². The Morgan fingerprint density at radius 2 is 2.06 bits per heavy atom. The Bertz CT molecular complexity index is 932. The molecule has 2 amide bonds. The standard InChI is InChI=1S/C23H27ClN4O3/c1-31-21-6-5-17(24)13-20(21)28-14-16(12-22(28)29)23(30)26-18-7-10-27(11-8-18)15-19-4-2-3-9-25-19/h2-6,9,13,16,18H,7-8,10-12,14-15H2,1H3,(H,26,30). The number of likely N-dealkylation sites (tertiary alicyclic amines) is 1. The number of carbonyl (C=O) groups is 2. The Kier molecular flexibility index (Phi) is 6.73. The lowest BCUT2D eigenvalue weighted by Gasteiger charge is -2.32. The first-order valence-corrected chi connectivity index (χ1v) is 11.0. The summed E-state index contributed by atoms with van der Waals surface area (Å²) in [5.74, 6) is 0.0488. The molecule has 8 heteroatoms. The van der Waals surface area contributed by atoms with Gasteiger partial charge in [0, 0.05) is 49.9 Å². The van der Waals surface area contributed by atoms with Crippen LogP contribution < -0.4 is 15.0 Å². The first-order chi connectivity index (χ1) is 15.0. The van der Waals surface area contributed by atoms with Gasteiger partial charge in [-0.2, -0.15) is 0 Å². The van der Waals surface area contributed by atoms with E-state index in [0.717, 1.165) is 38.2 Å². The van der Waals surface area contributed by atoms with Gasteiger partial charge in [0.2, 0.25) is 11.8 Å². The molecule has 2 saturated heterocycles. The smallest absolute Gasteiger partial charge is 0.227 e. The van der Waals surface area contributed by atoms with Crippen molar-refractivity contribution >= 4 is 29.1 Å². The van der Waals surface area contributed by atoms with Crippen molar-refractivity contribution in [1.29, 1.82) is 0 Å². The molecule has 0 spiro atoms. The highest BCUT2D eigenvalue weighted by molar-refractivity contribution is 6.31. The van der Waals surface area contributed by atoms with Gasteiger partial charge in [-0.25, -0.2) is 0 Å². The minimum absolute atomic E-state index is 0.0555. The molecule has 0 radical (unpaired) electrons. The molecular weight excluding hydrogens is 416 g/mol. The third kappa shape index (κ3) is 5.17. The molecule has 3 heterocycles. The van der Waals surface area contributed by atoms with E-state index in [2.05, 4.69) is 15.2 Å². The minimum Gasteiger partial charge on any atom is -0.495 e. The van der Waals surface area contributed by atoms with Crippen LogP contribution in [0.2, 0.25) is 5.02 Å². The first kappa shape index (κ1) is 21.6. The number of piperidine rings is 1. The van der Waals surface area contributed by atoms with Crippen LogP contribution in [0.1, 0.15) is 25.0 Å². The maximum Gasteiger partial charge on any atom is 0.227 e. The summed E-state index contributed by atoms with van der Waals surface area (Å²) >= 11 is 6.11. The quantitative estimate of drug-likeness (QED) is 0.744. The SMILES string of the molecule is COc1ccc(Cl)cc1N1CC(C(=O)NC2CCN(Cc3ccccn3)CC2)CC1=O. The van der Waals surface area contributed by atoms with E-state index in [9.17, 15) is 9.59 Å². The van der Waals surface area contributed by atoms with Gasteiger partial charge in [-0.15, -0.1) is 0 Å². The number of hydrogen-bond donors (Lipinski definition) is 1. The fourth-order valence-corrected chi connectivity index (χ4v) is 4.43. The van der Waals surface area contributed by atoms with Crippen molar-refractivity contribution in [2.45, 2.75) is 31.8 Å². The Balaban J connectivity index is 1.30. The van der Waals surface area contributed by atoms with Gasteiger partial charge < -0.3 is 15.0 Å². The van der Waals surface area contributed by atoms with Crippen LogP contribution in [0.15, 0.2) is 42.6 Å². The van der Waals surface area contributed by atoms with Crippen LogP contribution in [-0.4, -0.2) is 54.5 Å². The predicted molar refractivity (Wildman–Crippen MR) is 119 cm³/mol. The Morgan fingerprint density at radius 1 is 1.26 bits per heavy atom. The zero-order chi connectivity index (χ0) is 21.8. The Morgan fingerprint density at radius 3 is 2.77 bits per heavy atom. The van der Waals surface area contributed by atoms with Crippen LogP contribution in [0, 0.1) is 5.92 Å². The second kappa shape index (κ2) is 9.66. The number of amides is 2. The third-order valence-corrected chi connectivity index (χ3v) is 6.21. The average molecular weight is 443 g/mol. The van der Waals surface area contributed by atoms with Gasteiger partial charge >= 0.3 is 0 Å². The molecule has 2 aliphatic heterocycles. The van der Waals surface area contributed by atoms with Crippen molar-refractivity contribution < 1.29 is 14.3 Å². The van der Waals surface area contributed by atoms with Crippen LogP contribution in [0.5, 0.6) is 5.75 Å². The number of methoxy groups -OCH3 is 1. The number of ether oxygens (including phenoxy) is 1. The molecule has 2 fully saturated rings. The van der Waals surface area contributed by atoms with E-state index in [4.69, 9.17) is 16.3 Å². The molecule has 1 atom stereocenters. The highest BCUT2D eigenvalue weighted by Gasteiger charge is 2.37. The summed E-state index contributed by atoms with van der Waals surface area (Å²) in [6.45, 7) is 2.99. The first-order valence-electron chi connectivity index (χ1n) is 10.6. The van der Waals surface area contributed by atoms with E-state index in [0.29, 0.717) is 23.0 Å². The van der Waals surface area contributed by atoms with Gasteiger partial charge in [0.1, 0.15) is 5.75 Å². The van der Waals surface area contributed by atoms with Gasteiger partial charge in [-0.1, -0.05) is 17.7 Å². The Hall–Kier alpha value is -2.64. The van der Waals surface area contributed by atoms with Crippen molar-refractivity contribution in [3.63, 3.8) is 0 Å². The predicted octanol–water partition coefficient (Wildman–Crippen LogP) is 2.88. The number of rotatable bonds is 6. The largest absolute Gasteiger partial charge is 0.495 e. The lowest BCUT2D eigenvalue weighted by atomic mass is 10.0. The zero-order valence-electron chi connectivity index (χ0n) is 17.6. The van der Waals surface area contributed by atoms with E-state index in [-0.39, 0.29) is 30.2 Å². The molecule has 1 unspecified atom stereocenters. The molecule has 31 heavy (non-hydrogen) atoms. The zero-order valence-corrected chi connectivity index (χ0v) is 18.3. The fourth-order valence-electron chi connectivity index (χ4n) is 4.27. The molecule has 1 aromatic heterocycles. The van der Waals surface area contributed by atoms with Gasteiger partial charge in [0.15, 0.2) is 0 Å². The van der Waals surface area contributed by atoms with E-state index < -0.39 is 0 Å². The lowest BCUT2D eigenvalue weighted by molar-refractivity contribution is -0.127. The second-order valence-electron chi connectivity index (χ2n) is 8.10. The monoisotopic (exact) mass is 442 g/mol. The molecule has 0 saturated carbocycles. The molecule has 2 aliphatic rings. The van der Waals surface area contributed by atoms with Crippen molar-refractivity contribution in [2.75, 3.05) is 31.6 Å². The van der Waals surface area contributed by atoms with Gasteiger partial charge in [-0.3, -0.25) is 19.5 Å². The summed E-state index contributed by atoms with van der Waals surface area (Å²) in [5, 5.41) is 3.68.